The van der Waals surface area contributed by atoms with Crippen LogP contribution >= 0.6 is 15.9 Å². The summed E-state index contributed by atoms with van der Waals surface area (Å²) in [5.41, 5.74) is 1.50. The van der Waals surface area contributed by atoms with Crippen LogP contribution in [-0.2, 0) is 13.0 Å². The van der Waals surface area contributed by atoms with Gasteiger partial charge >= 0.3 is 0 Å². The maximum atomic E-state index is 4.37. The van der Waals surface area contributed by atoms with Crippen LogP contribution in [-0.4, -0.2) is 21.9 Å². The van der Waals surface area contributed by atoms with Gasteiger partial charge in [-0.15, -0.1) is 0 Å². The van der Waals surface area contributed by atoms with E-state index in [1.165, 1.54) is 5.69 Å². The third-order valence-electron chi connectivity index (χ3n) is 2.38. The molecule has 0 saturated carbocycles. The van der Waals surface area contributed by atoms with E-state index in [1.54, 1.807) is 0 Å². The third kappa shape index (κ3) is 1.94. The average molecular weight is 244 g/mol. The molecule has 0 atom stereocenters. The predicted molar refractivity (Wildman–Crippen MR) is 55.7 cm³/mol. The Bertz CT molecular complexity index is 317. The fraction of sp³-hybridized carbons (Fsp3) is 0.667. The van der Waals surface area contributed by atoms with E-state index >= 15 is 0 Å². The van der Waals surface area contributed by atoms with Crippen LogP contribution in [0.2, 0.25) is 0 Å². The maximum Gasteiger partial charge on any atom is 0.128 e. The van der Waals surface area contributed by atoms with Crippen molar-refractivity contribution in [1.82, 2.24) is 15.1 Å². The normalized spacial score (nSPS) is 20.8. The van der Waals surface area contributed by atoms with E-state index in [2.05, 4.69) is 50.9 Å². The van der Waals surface area contributed by atoms with Crippen molar-refractivity contribution >= 4 is 15.9 Å². The molecule has 0 saturated heterocycles. The van der Waals surface area contributed by atoms with Crippen LogP contribution in [0, 0.1) is 0 Å². The number of fused-ring (bicyclic) bond motifs is 1. The van der Waals surface area contributed by atoms with E-state index in [0.29, 0.717) is 0 Å². The molecule has 1 N–H and O–H groups in total. The van der Waals surface area contributed by atoms with Crippen LogP contribution < -0.4 is 5.32 Å². The molecule has 13 heavy (non-hydrogen) atoms. The molecule has 1 aliphatic heterocycles. The fourth-order valence-corrected chi connectivity index (χ4v) is 2.23. The van der Waals surface area contributed by atoms with Crippen LogP contribution in [0.5, 0.6) is 0 Å². The first-order valence-electron chi connectivity index (χ1n) is 4.54. The Labute approximate surface area is 86.6 Å². The smallest absolute Gasteiger partial charge is 0.128 e. The second-order valence-electron chi connectivity index (χ2n) is 4.17. The molecule has 1 aromatic rings. The minimum absolute atomic E-state index is 0.188. The average Bonchev–Trinajstić information content (AvgIpc) is 2.23. The zero-order chi connectivity index (χ0) is 9.47. The Balaban J connectivity index is 2.33. The largest absolute Gasteiger partial charge is 0.310 e. The predicted octanol–water partition coefficient (Wildman–Crippen LogP) is 1.57. The number of nitrogens with one attached hydrogen (secondary N) is 1. The van der Waals surface area contributed by atoms with Gasteiger partial charge in [-0.25, -0.2) is 0 Å². The number of rotatable bonds is 0. The molecular weight excluding hydrogens is 230 g/mol. The van der Waals surface area contributed by atoms with Gasteiger partial charge in [-0.2, -0.15) is 5.10 Å². The first-order chi connectivity index (χ1) is 6.07. The van der Waals surface area contributed by atoms with E-state index in [0.717, 1.165) is 24.1 Å². The van der Waals surface area contributed by atoms with Gasteiger partial charge in [-0.1, -0.05) is 0 Å². The quantitative estimate of drug-likeness (QED) is 0.750. The lowest BCUT2D eigenvalue weighted by atomic mass is 9.99. The summed E-state index contributed by atoms with van der Waals surface area (Å²) in [5.74, 6) is 0. The summed E-state index contributed by atoms with van der Waals surface area (Å²) in [4.78, 5) is 0. The van der Waals surface area contributed by atoms with Crippen LogP contribution in [0.1, 0.15) is 19.5 Å². The number of nitrogens with zero attached hydrogens (tertiary/aromatic N) is 2. The second-order valence-corrected chi connectivity index (χ2v) is 4.98. The lowest BCUT2D eigenvalue weighted by molar-refractivity contribution is 0.399. The van der Waals surface area contributed by atoms with Crippen LogP contribution in [0.4, 0.5) is 0 Å². The summed E-state index contributed by atoms with van der Waals surface area (Å²) in [6.07, 6.45) is 1.03. The highest BCUT2D eigenvalue weighted by atomic mass is 79.9. The van der Waals surface area contributed by atoms with Crippen molar-refractivity contribution in [3.05, 3.63) is 16.4 Å². The van der Waals surface area contributed by atoms with Crippen LogP contribution in [0.15, 0.2) is 10.7 Å². The molecule has 4 heteroatoms. The van der Waals surface area contributed by atoms with Crippen molar-refractivity contribution in [2.45, 2.75) is 32.4 Å². The van der Waals surface area contributed by atoms with Crippen molar-refractivity contribution in [2.75, 3.05) is 6.54 Å². The third-order valence-corrected chi connectivity index (χ3v) is 2.77. The van der Waals surface area contributed by atoms with Gasteiger partial charge in [-0.3, -0.25) is 4.68 Å². The summed E-state index contributed by atoms with van der Waals surface area (Å²) in [6, 6.07) is 2.11. The van der Waals surface area contributed by atoms with Crippen molar-refractivity contribution in [3.8, 4) is 0 Å². The van der Waals surface area contributed by atoms with E-state index in [-0.39, 0.29) is 5.54 Å². The van der Waals surface area contributed by atoms with Gasteiger partial charge in [0, 0.05) is 24.2 Å². The molecule has 0 unspecified atom stereocenters. The Morgan fingerprint density at radius 2 is 2.38 bits per heavy atom. The van der Waals surface area contributed by atoms with Crippen LogP contribution in [0.3, 0.4) is 0 Å². The monoisotopic (exact) mass is 243 g/mol. The van der Waals surface area contributed by atoms with Gasteiger partial charge < -0.3 is 5.32 Å². The summed E-state index contributed by atoms with van der Waals surface area (Å²) in [7, 11) is 0. The molecule has 1 aliphatic rings. The SMILES string of the molecule is CC1(C)Cc2cc(Br)nn2CCN1. The minimum atomic E-state index is 0.188. The molecule has 0 aliphatic carbocycles. The molecule has 3 nitrogen and oxygen atoms in total. The standard InChI is InChI=1S/C9H14BrN3/c1-9(2)6-7-5-8(10)12-13(7)4-3-11-9/h5,11H,3-4,6H2,1-2H3. The molecule has 0 aromatic carbocycles. The Morgan fingerprint density at radius 1 is 1.62 bits per heavy atom. The van der Waals surface area contributed by atoms with Gasteiger partial charge in [-0.05, 0) is 35.8 Å². The maximum absolute atomic E-state index is 4.37. The molecule has 0 bridgehead atoms. The van der Waals surface area contributed by atoms with E-state index in [4.69, 9.17) is 0 Å². The molecule has 0 radical (unpaired) electrons. The summed E-state index contributed by atoms with van der Waals surface area (Å²) in [5, 5.41) is 7.87. The van der Waals surface area contributed by atoms with Gasteiger partial charge in [0.2, 0.25) is 0 Å². The van der Waals surface area contributed by atoms with Gasteiger partial charge in [0.05, 0.1) is 6.54 Å². The van der Waals surface area contributed by atoms with E-state index in [9.17, 15) is 0 Å². The first kappa shape index (κ1) is 9.21. The van der Waals surface area contributed by atoms with E-state index in [1.807, 2.05) is 0 Å². The molecule has 0 amide bonds. The van der Waals surface area contributed by atoms with Gasteiger partial charge in [0.15, 0.2) is 0 Å². The second kappa shape index (κ2) is 3.10. The summed E-state index contributed by atoms with van der Waals surface area (Å²) >= 11 is 3.40. The molecule has 0 spiro atoms. The molecular formula is C9H14BrN3. The molecule has 1 aromatic heterocycles. The van der Waals surface area contributed by atoms with Gasteiger partial charge in [0.1, 0.15) is 4.60 Å². The fourth-order valence-electron chi connectivity index (χ4n) is 1.77. The molecule has 2 rings (SSSR count). The lowest BCUT2D eigenvalue weighted by Crippen LogP contribution is -2.40. The zero-order valence-electron chi connectivity index (χ0n) is 7.97. The van der Waals surface area contributed by atoms with Gasteiger partial charge in [0.25, 0.3) is 0 Å². The van der Waals surface area contributed by atoms with Crippen LogP contribution in [0.25, 0.3) is 0 Å². The zero-order valence-corrected chi connectivity index (χ0v) is 9.56. The Kier molecular flexibility index (Phi) is 2.20. The van der Waals surface area contributed by atoms with E-state index < -0.39 is 0 Å². The molecule has 2 heterocycles. The van der Waals surface area contributed by atoms with Crippen molar-refractivity contribution in [3.63, 3.8) is 0 Å². The number of hydrogen-bond acceptors (Lipinski definition) is 2. The lowest BCUT2D eigenvalue weighted by Gasteiger charge is -2.22. The summed E-state index contributed by atoms with van der Waals surface area (Å²) in [6.45, 7) is 6.41. The van der Waals surface area contributed by atoms with Crippen molar-refractivity contribution < 1.29 is 0 Å². The number of aromatic nitrogens is 2. The highest BCUT2D eigenvalue weighted by Crippen LogP contribution is 2.19. The summed E-state index contributed by atoms with van der Waals surface area (Å²) < 4.78 is 3.02. The number of hydrogen-bond donors (Lipinski definition) is 1. The first-order valence-corrected chi connectivity index (χ1v) is 5.33. The molecule has 0 fully saturated rings. The Morgan fingerprint density at radius 3 is 3.15 bits per heavy atom. The van der Waals surface area contributed by atoms with Crippen molar-refractivity contribution in [1.29, 1.82) is 0 Å². The minimum Gasteiger partial charge on any atom is -0.310 e. The Hall–Kier alpha value is -0.350. The molecule has 72 valence electrons. The topological polar surface area (TPSA) is 29.9 Å². The highest BCUT2D eigenvalue weighted by Gasteiger charge is 2.23. The van der Waals surface area contributed by atoms with Crippen molar-refractivity contribution in [2.24, 2.45) is 0 Å². The number of halogens is 1. The highest BCUT2D eigenvalue weighted by molar-refractivity contribution is 9.10.